The number of Topliss-reactive ketones (excluding diaryl/α,β-unsaturated/α-hetero) is 1. The highest BCUT2D eigenvalue weighted by Crippen LogP contribution is 1.69. The molecule has 0 radical (unpaired) electrons. The number of ketones is 2. The van der Waals surface area contributed by atoms with Crippen LogP contribution in [-0.2, 0) is 9.59 Å². The molecule has 0 aliphatic rings. The van der Waals surface area contributed by atoms with Crippen molar-refractivity contribution in [2.45, 2.75) is 42.5 Å². The molecule has 0 bridgehead atoms. The molecule has 0 heterocycles. The lowest BCUT2D eigenvalue weighted by atomic mass is 10.4. The van der Waals surface area contributed by atoms with Gasteiger partial charge in [-0.3, -0.25) is 4.79 Å². The second-order valence-corrected chi connectivity index (χ2v) is 2.02. The van der Waals surface area contributed by atoms with Crippen molar-refractivity contribution in [3.63, 3.8) is 0 Å². The van der Waals surface area contributed by atoms with Gasteiger partial charge in [0.25, 0.3) is 0 Å². The van der Waals surface area contributed by atoms with Crippen LogP contribution in [0.25, 0.3) is 0 Å². The van der Waals surface area contributed by atoms with Crippen molar-refractivity contribution < 1.29 is 9.59 Å². The molecular weight excluding hydrogens is 152 g/mol. The molecule has 0 unspecified atom stereocenters. The molecule has 0 atom stereocenters. The van der Waals surface area contributed by atoms with Crippen LogP contribution < -0.4 is 0 Å². The van der Waals surface area contributed by atoms with E-state index in [1.807, 2.05) is 6.92 Å². The van der Waals surface area contributed by atoms with Gasteiger partial charge in [-0.25, -0.2) is 0 Å². The minimum absolute atomic E-state index is 0. The number of allylic oxidation sites excluding steroid dienone is 2. The van der Waals surface area contributed by atoms with Gasteiger partial charge < -0.3 is 4.79 Å². The normalized spacial score (nSPS) is 7.00. The zero-order valence-corrected chi connectivity index (χ0v) is 6.97. The minimum atomic E-state index is 0. The molecule has 2 heteroatoms. The summed E-state index contributed by atoms with van der Waals surface area (Å²) >= 11 is 0. The average Bonchev–Trinajstić information content (AvgIpc) is 1.62. The molecule has 0 amide bonds. The molecule has 0 aliphatic heterocycles. The van der Waals surface area contributed by atoms with Gasteiger partial charge in [-0.05, 0) is 33.8 Å². The second kappa shape index (κ2) is 16.6. The molecule has 12 heavy (non-hydrogen) atoms. The van der Waals surface area contributed by atoms with Crippen LogP contribution in [0.5, 0.6) is 0 Å². The molecule has 0 fully saturated rings. The van der Waals surface area contributed by atoms with E-state index < -0.39 is 0 Å². The third-order valence-electron chi connectivity index (χ3n) is 0.401. The van der Waals surface area contributed by atoms with Crippen LogP contribution in [0.15, 0.2) is 12.2 Å². The van der Waals surface area contributed by atoms with E-state index in [2.05, 4.69) is 0 Å². The predicted octanol–water partition coefficient (Wildman–Crippen LogP) is 3.02. The molecule has 0 aromatic carbocycles. The first kappa shape index (κ1) is 22.5. The fraction of sp³-hybridized carbons (Fsp3) is 0.600. The van der Waals surface area contributed by atoms with E-state index in [1.54, 1.807) is 6.08 Å². The Balaban J connectivity index is -0.0000000483. The molecule has 0 rings (SSSR count). The Morgan fingerprint density at radius 3 is 1.25 bits per heavy atom. The smallest absolute Gasteiger partial charge is 0.152 e. The first-order valence-electron chi connectivity index (χ1n) is 3.11. The Hall–Kier alpha value is -0.920. The largest absolute Gasteiger partial charge is 0.300 e. The van der Waals surface area contributed by atoms with Crippen LogP contribution in [0.1, 0.15) is 42.5 Å². The summed E-state index contributed by atoms with van der Waals surface area (Å²) in [6, 6.07) is 0. The summed E-state index contributed by atoms with van der Waals surface area (Å²) in [5.74, 6) is 0.275. The monoisotopic (exact) mass is 174 g/mol. The van der Waals surface area contributed by atoms with Gasteiger partial charge in [0.15, 0.2) is 5.78 Å². The van der Waals surface area contributed by atoms with E-state index in [4.69, 9.17) is 0 Å². The molecule has 0 N–H and O–H groups in total. The van der Waals surface area contributed by atoms with Crippen LogP contribution in [0.3, 0.4) is 0 Å². The van der Waals surface area contributed by atoms with Gasteiger partial charge in [-0.15, -0.1) is 0 Å². The molecule has 0 saturated heterocycles. The highest BCUT2D eigenvalue weighted by Gasteiger charge is 1.73. The lowest BCUT2D eigenvalue weighted by molar-refractivity contribution is -0.115. The molecule has 0 spiro atoms. The maximum Gasteiger partial charge on any atom is 0.152 e. The lowest BCUT2D eigenvalue weighted by Gasteiger charge is -1.68. The summed E-state index contributed by atoms with van der Waals surface area (Å²) in [5, 5.41) is 0. The Kier molecular flexibility index (Phi) is 31.0. The minimum Gasteiger partial charge on any atom is -0.300 e. The Labute approximate surface area is 76.7 Å². The zero-order chi connectivity index (χ0) is 8.57. The fourth-order valence-corrected chi connectivity index (χ4v) is 0.235. The van der Waals surface area contributed by atoms with Gasteiger partial charge in [-0.2, -0.15) is 0 Å². The van der Waals surface area contributed by atoms with Gasteiger partial charge in [0.05, 0.1) is 0 Å². The summed E-state index contributed by atoms with van der Waals surface area (Å²) in [7, 11) is 0. The third kappa shape index (κ3) is 137. The first-order valence-corrected chi connectivity index (χ1v) is 3.11. The lowest BCUT2D eigenvalue weighted by Crippen LogP contribution is -1.76. The van der Waals surface area contributed by atoms with Crippen LogP contribution in [0, 0.1) is 0 Å². The number of hydrogen-bond acceptors (Lipinski definition) is 2. The molecule has 74 valence electrons. The fourth-order valence-electron chi connectivity index (χ4n) is 0.235. The molecule has 0 aromatic heterocycles. The first-order chi connectivity index (χ1) is 4.50. The predicted molar refractivity (Wildman–Crippen MR) is 55.3 cm³/mol. The maximum atomic E-state index is 9.96. The van der Waals surface area contributed by atoms with Gasteiger partial charge >= 0.3 is 0 Å². The zero-order valence-electron chi connectivity index (χ0n) is 6.97. The van der Waals surface area contributed by atoms with E-state index in [-0.39, 0.29) is 26.4 Å². The standard InChI is InChI=1S/C5H8O.C3H6O.2CH4/c1-3-4-5(2)6;1-3(2)4;;/h3-4H,1-2H3;1-2H3;2*1H4. The van der Waals surface area contributed by atoms with Gasteiger partial charge in [0.1, 0.15) is 5.78 Å². The van der Waals surface area contributed by atoms with Crippen molar-refractivity contribution in [2.24, 2.45) is 0 Å². The van der Waals surface area contributed by atoms with E-state index in [0.29, 0.717) is 0 Å². The quantitative estimate of drug-likeness (QED) is 0.573. The highest BCUT2D eigenvalue weighted by atomic mass is 16.1. The molecule has 0 saturated carbocycles. The Morgan fingerprint density at radius 1 is 1.00 bits per heavy atom. The van der Waals surface area contributed by atoms with Crippen molar-refractivity contribution >= 4 is 11.6 Å². The van der Waals surface area contributed by atoms with Crippen molar-refractivity contribution in [2.75, 3.05) is 0 Å². The Bertz CT molecular complexity index is 131. The van der Waals surface area contributed by atoms with Gasteiger partial charge in [0, 0.05) is 0 Å². The van der Waals surface area contributed by atoms with Crippen LogP contribution >= 0.6 is 0 Å². The number of rotatable bonds is 1. The Morgan fingerprint density at radius 2 is 1.25 bits per heavy atom. The molecule has 0 aliphatic carbocycles. The van der Waals surface area contributed by atoms with Crippen molar-refractivity contribution in [3.8, 4) is 0 Å². The number of carbonyl (C=O) groups is 2. The summed E-state index contributed by atoms with van der Waals surface area (Å²) < 4.78 is 0. The average molecular weight is 174 g/mol. The van der Waals surface area contributed by atoms with Crippen molar-refractivity contribution in [1.29, 1.82) is 0 Å². The van der Waals surface area contributed by atoms with Gasteiger partial charge in [0.2, 0.25) is 0 Å². The summed E-state index contributed by atoms with van der Waals surface area (Å²) in [6.45, 7) is 6.40. The van der Waals surface area contributed by atoms with Gasteiger partial charge in [-0.1, -0.05) is 20.9 Å². The van der Waals surface area contributed by atoms with Crippen LogP contribution in [0.4, 0.5) is 0 Å². The van der Waals surface area contributed by atoms with E-state index in [9.17, 15) is 9.59 Å². The summed E-state index contributed by atoms with van der Waals surface area (Å²) in [6.07, 6.45) is 3.25. The van der Waals surface area contributed by atoms with Crippen molar-refractivity contribution in [3.05, 3.63) is 12.2 Å². The van der Waals surface area contributed by atoms with E-state index in [1.165, 1.54) is 26.8 Å². The second-order valence-electron chi connectivity index (χ2n) is 2.02. The van der Waals surface area contributed by atoms with Crippen LogP contribution in [-0.4, -0.2) is 11.6 Å². The number of hydrogen-bond donors (Lipinski definition) is 0. The van der Waals surface area contributed by atoms with E-state index in [0.717, 1.165) is 0 Å². The SMILES string of the molecule is C.C.CC(C)=O.CC=CC(C)=O. The van der Waals surface area contributed by atoms with E-state index >= 15 is 0 Å². The maximum absolute atomic E-state index is 9.96. The number of carbonyl (C=O) groups excluding carboxylic acids is 2. The summed E-state index contributed by atoms with van der Waals surface area (Å²) in [4.78, 5) is 19.4. The van der Waals surface area contributed by atoms with Crippen molar-refractivity contribution in [1.82, 2.24) is 0 Å². The third-order valence-corrected chi connectivity index (χ3v) is 0.401. The molecule has 2 nitrogen and oxygen atoms in total. The van der Waals surface area contributed by atoms with Crippen LogP contribution in [0.2, 0.25) is 0 Å². The molecular formula is C10H22O2. The topological polar surface area (TPSA) is 34.1 Å². The highest BCUT2D eigenvalue weighted by molar-refractivity contribution is 5.87. The summed E-state index contributed by atoms with van der Waals surface area (Å²) in [5.41, 5.74) is 0. The molecule has 0 aromatic rings.